The van der Waals surface area contributed by atoms with Crippen LogP contribution in [0.25, 0.3) is 0 Å². The fourth-order valence-corrected chi connectivity index (χ4v) is 3.13. The van der Waals surface area contributed by atoms with Crippen molar-refractivity contribution in [2.45, 2.75) is 44.4 Å². The number of carbonyl (C=O) groups excluding carboxylic acids is 1. The van der Waals surface area contributed by atoms with E-state index in [1.165, 1.54) is 0 Å². The zero-order valence-electron chi connectivity index (χ0n) is 13.0. The minimum atomic E-state index is -0.493. The summed E-state index contributed by atoms with van der Waals surface area (Å²) in [7, 11) is 0. The van der Waals surface area contributed by atoms with Crippen molar-refractivity contribution >= 4 is 5.91 Å². The molecule has 2 rings (SSSR count). The van der Waals surface area contributed by atoms with Crippen LogP contribution in [0.15, 0.2) is 30.3 Å². The highest BCUT2D eigenvalue weighted by molar-refractivity contribution is 5.81. The molecule has 0 spiro atoms. The van der Waals surface area contributed by atoms with Crippen LogP contribution >= 0.6 is 0 Å². The monoisotopic (exact) mass is 300 g/mol. The van der Waals surface area contributed by atoms with Crippen molar-refractivity contribution in [2.24, 2.45) is 0 Å². The lowest BCUT2D eigenvalue weighted by atomic mass is 10.00. The van der Waals surface area contributed by atoms with Gasteiger partial charge in [0.15, 0.2) is 0 Å². The first kappa shape index (κ1) is 16.5. The van der Waals surface area contributed by atoms with E-state index in [9.17, 15) is 9.90 Å². The lowest BCUT2D eigenvalue weighted by Crippen LogP contribution is -2.47. The maximum atomic E-state index is 12.1. The third-order valence-electron chi connectivity index (χ3n) is 4.34. The van der Waals surface area contributed by atoms with E-state index < -0.39 is 6.10 Å². The second kappa shape index (κ2) is 7.98. The quantitative estimate of drug-likeness (QED) is 0.787. The Balaban J connectivity index is 1.96. The Morgan fingerprint density at radius 2 is 2.23 bits per heavy atom. The molecule has 2 N–H and O–H groups in total. The van der Waals surface area contributed by atoms with E-state index in [0.29, 0.717) is 6.42 Å². The highest BCUT2D eigenvalue weighted by Gasteiger charge is 2.33. The second-order valence-corrected chi connectivity index (χ2v) is 5.79. The summed E-state index contributed by atoms with van der Waals surface area (Å²) in [6.45, 7) is 3.05. The van der Waals surface area contributed by atoms with Gasteiger partial charge < -0.3 is 10.4 Å². The molecule has 118 valence electrons. The maximum absolute atomic E-state index is 12.1. The summed E-state index contributed by atoms with van der Waals surface area (Å²) in [6.07, 6.45) is 7.40. The summed E-state index contributed by atoms with van der Waals surface area (Å²) >= 11 is 0. The number of aliphatic hydroxyl groups excluding tert-OH is 1. The van der Waals surface area contributed by atoms with Crippen molar-refractivity contribution in [3.05, 3.63) is 35.9 Å². The molecule has 3 atom stereocenters. The minimum absolute atomic E-state index is 0.0425. The summed E-state index contributed by atoms with van der Waals surface area (Å²) in [5, 5.41) is 13.1. The van der Waals surface area contributed by atoms with Gasteiger partial charge in [0.25, 0.3) is 0 Å². The topological polar surface area (TPSA) is 52.6 Å². The van der Waals surface area contributed by atoms with Crippen molar-refractivity contribution in [3.8, 4) is 12.3 Å². The van der Waals surface area contributed by atoms with Gasteiger partial charge in [-0.15, -0.1) is 6.42 Å². The molecule has 0 aromatic heterocycles. The van der Waals surface area contributed by atoms with Crippen molar-refractivity contribution in [1.82, 2.24) is 10.2 Å². The van der Waals surface area contributed by atoms with Gasteiger partial charge in [-0.2, -0.15) is 0 Å². The van der Waals surface area contributed by atoms with Crippen LogP contribution in [0, 0.1) is 12.3 Å². The maximum Gasteiger partial charge on any atom is 0.237 e. The summed E-state index contributed by atoms with van der Waals surface area (Å²) in [5.41, 5.74) is 0.929. The van der Waals surface area contributed by atoms with Crippen LogP contribution in [0.3, 0.4) is 0 Å². The number of carbonyl (C=O) groups is 1. The molecular weight excluding hydrogens is 276 g/mol. The standard InChI is InChI=1S/C18H24N2O2/c1-3-11-19-18(22)14(2)20-12-7-10-16(20)13-17(21)15-8-5-4-6-9-15/h1,4-6,8-9,14,16-17,21H,7,10-13H2,2H3,(H,19,22). The zero-order valence-corrected chi connectivity index (χ0v) is 13.0. The number of aliphatic hydroxyl groups is 1. The molecule has 1 fully saturated rings. The van der Waals surface area contributed by atoms with Crippen molar-refractivity contribution in [1.29, 1.82) is 0 Å². The second-order valence-electron chi connectivity index (χ2n) is 5.79. The Labute approximate surface area is 132 Å². The molecule has 4 nitrogen and oxygen atoms in total. The molecule has 3 unspecified atom stereocenters. The lowest BCUT2D eigenvalue weighted by molar-refractivity contribution is -0.126. The van der Waals surface area contributed by atoms with Gasteiger partial charge in [0, 0.05) is 6.04 Å². The number of nitrogens with one attached hydrogen (secondary N) is 1. The van der Waals surface area contributed by atoms with E-state index in [1.807, 2.05) is 37.3 Å². The summed E-state index contributed by atoms with van der Waals surface area (Å²) < 4.78 is 0. The van der Waals surface area contributed by atoms with Gasteiger partial charge in [0.1, 0.15) is 0 Å². The third kappa shape index (κ3) is 4.09. The number of hydrogen-bond acceptors (Lipinski definition) is 3. The molecule has 1 aromatic rings. The van der Waals surface area contributed by atoms with Gasteiger partial charge in [-0.25, -0.2) is 0 Å². The average molecular weight is 300 g/mol. The van der Waals surface area contributed by atoms with E-state index in [0.717, 1.165) is 24.9 Å². The van der Waals surface area contributed by atoms with Crippen molar-refractivity contribution in [3.63, 3.8) is 0 Å². The van der Waals surface area contributed by atoms with Gasteiger partial charge in [-0.05, 0) is 38.3 Å². The van der Waals surface area contributed by atoms with Crippen molar-refractivity contribution in [2.75, 3.05) is 13.1 Å². The first-order valence-corrected chi connectivity index (χ1v) is 7.83. The Bertz CT molecular complexity index is 524. The van der Waals surface area contributed by atoms with Crippen LogP contribution in [-0.2, 0) is 4.79 Å². The first-order valence-electron chi connectivity index (χ1n) is 7.83. The largest absolute Gasteiger partial charge is 0.388 e. The Morgan fingerprint density at radius 1 is 1.50 bits per heavy atom. The number of terminal acetylenes is 1. The van der Waals surface area contributed by atoms with E-state index in [4.69, 9.17) is 6.42 Å². The molecule has 0 saturated carbocycles. The summed E-state index contributed by atoms with van der Waals surface area (Å²) in [6, 6.07) is 9.68. The van der Waals surface area contributed by atoms with Crippen LogP contribution in [0.5, 0.6) is 0 Å². The van der Waals surface area contributed by atoms with Gasteiger partial charge in [-0.3, -0.25) is 9.69 Å². The number of hydrogen-bond donors (Lipinski definition) is 2. The molecule has 0 bridgehead atoms. The normalized spacial score (nSPS) is 21.0. The van der Waals surface area contributed by atoms with Crippen molar-refractivity contribution < 1.29 is 9.90 Å². The molecule has 1 aromatic carbocycles. The number of nitrogens with zero attached hydrogens (tertiary/aromatic N) is 1. The van der Waals surface area contributed by atoms with E-state index in [2.05, 4.69) is 16.1 Å². The SMILES string of the molecule is C#CCNC(=O)C(C)N1CCCC1CC(O)c1ccccc1. The number of benzene rings is 1. The van der Waals surface area contributed by atoms with Gasteiger partial charge in [0.2, 0.25) is 5.91 Å². The molecule has 1 amide bonds. The number of rotatable bonds is 6. The number of amides is 1. The Hall–Kier alpha value is -1.83. The van der Waals surface area contributed by atoms with E-state index >= 15 is 0 Å². The molecule has 1 aliphatic rings. The van der Waals surface area contributed by atoms with E-state index in [-0.39, 0.29) is 24.5 Å². The predicted octanol–water partition coefficient (Wildman–Crippen LogP) is 1.71. The molecule has 0 radical (unpaired) electrons. The highest BCUT2D eigenvalue weighted by Crippen LogP contribution is 2.28. The third-order valence-corrected chi connectivity index (χ3v) is 4.34. The fourth-order valence-electron chi connectivity index (χ4n) is 3.13. The predicted molar refractivity (Wildman–Crippen MR) is 87.1 cm³/mol. The minimum Gasteiger partial charge on any atom is -0.388 e. The van der Waals surface area contributed by atoms with Crippen LogP contribution in [-0.4, -0.2) is 41.1 Å². The summed E-state index contributed by atoms with van der Waals surface area (Å²) in [4.78, 5) is 14.3. The molecule has 1 aliphatic heterocycles. The van der Waals surface area contributed by atoms with Crippen LogP contribution < -0.4 is 5.32 Å². The van der Waals surface area contributed by atoms with E-state index in [1.54, 1.807) is 0 Å². The first-order chi connectivity index (χ1) is 10.6. The summed E-state index contributed by atoms with van der Waals surface area (Å²) in [5.74, 6) is 2.38. The fraction of sp³-hybridized carbons (Fsp3) is 0.500. The van der Waals surface area contributed by atoms with Gasteiger partial charge in [-0.1, -0.05) is 36.3 Å². The molecule has 22 heavy (non-hydrogen) atoms. The van der Waals surface area contributed by atoms with Crippen LogP contribution in [0.2, 0.25) is 0 Å². The lowest BCUT2D eigenvalue weighted by Gasteiger charge is -2.31. The molecule has 4 heteroatoms. The van der Waals surface area contributed by atoms with Gasteiger partial charge in [0.05, 0.1) is 18.7 Å². The van der Waals surface area contributed by atoms with Crippen LogP contribution in [0.1, 0.15) is 37.9 Å². The Kier molecular flexibility index (Phi) is 6.00. The smallest absolute Gasteiger partial charge is 0.237 e. The van der Waals surface area contributed by atoms with Crippen LogP contribution in [0.4, 0.5) is 0 Å². The zero-order chi connectivity index (χ0) is 15.9. The number of likely N-dealkylation sites (tertiary alicyclic amines) is 1. The average Bonchev–Trinajstić information content (AvgIpc) is 3.00. The molecule has 0 aliphatic carbocycles. The molecular formula is C18H24N2O2. The highest BCUT2D eigenvalue weighted by atomic mass is 16.3. The van der Waals surface area contributed by atoms with Gasteiger partial charge >= 0.3 is 0 Å². The Morgan fingerprint density at radius 3 is 2.91 bits per heavy atom. The molecule has 1 saturated heterocycles. The molecule has 1 heterocycles.